The van der Waals surface area contributed by atoms with Gasteiger partial charge < -0.3 is 10.3 Å². The summed E-state index contributed by atoms with van der Waals surface area (Å²) in [4.78, 5) is 4.12. The molecule has 1 aromatic carbocycles. The molecule has 0 saturated heterocycles. The molecular weight excluding hydrogens is 272 g/mol. The number of hydrogen-bond donors (Lipinski definition) is 1. The van der Waals surface area contributed by atoms with E-state index in [2.05, 4.69) is 24.0 Å². The lowest BCUT2D eigenvalue weighted by Crippen LogP contribution is -1.95. The number of benzene rings is 1. The maximum absolute atomic E-state index is 13.2. The van der Waals surface area contributed by atoms with Crippen molar-refractivity contribution >= 4 is 17.4 Å². The second kappa shape index (κ2) is 5.56. The quantitative estimate of drug-likeness (QED) is 0.874. The Balaban J connectivity index is 2.25. The first kappa shape index (κ1) is 13.8. The van der Waals surface area contributed by atoms with Gasteiger partial charge >= 0.3 is 0 Å². The lowest BCUT2D eigenvalue weighted by Gasteiger charge is -2.01. The molecule has 0 aliphatic carbocycles. The third kappa shape index (κ3) is 3.23. The van der Waals surface area contributed by atoms with Crippen molar-refractivity contribution in [1.29, 1.82) is 0 Å². The van der Waals surface area contributed by atoms with Crippen LogP contribution in [0.15, 0.2) is 16.7 Å². The highest BCUT2D eigenvalue weighted by Gasteiger charge is 2.15. The SMILES string of the molecule is CC(C)SCc1noc(-c2cc(F)c(F)cc2N)n1. The highest BCUT2D eigenvalue weighted by molar-refractivity contribution is 7.99. The molecule has 102 valence electrons. The molecule has 4 nitrogen and oxygen atoms in total. The fourth-order valence-electron chi connectivity index (χ4n) is 1.41. The van der Waals surface area contributed by atoms with Crippen LogP contribution in [0.2, 0.25) is 0 Å². The van der Waals surface area contributed by atoms with E-state index in [1.54, 1.807) is 11.8 Å². The van der Waals surface area contributed by atoms with Gasteiger partial charge in [-0.25, -0.2) is 8.78 Å². The molecule has 0 saturated carbocycles. The number of anilines is 1. The van der Waals surface area contributed by atoms with Crippen molar-refractivity contribution in [3.05, 3.63) is 29.6 Å². The summed E-state index contributed by atoms with van der Waals surface area (Å²) >= 11 is 1.65. The first-order valence-electron chi connectivity index (χ1n) is 5.66. The van der Waals surface area contributed by atoms with Crippen LogP contribution < -0.4 is 5.73 Å². The van der Waals surface area contributed by atoms with Crippen molar-refractivity contribution in [1.82, 2.24) is 10.1 Å². The number of nitrogens with two attached hydrogens (primary N) is 1. The minimum atomic E-state index is -1.00. The molecule has 2 N–H and O–H groups in total. The summed E-state index contributed by atoms with van der Waals surface area (Å²) in [5, 5.41) is 4.22. The van der Waals surface area contributed by atoms with E-state index in [0.29, 0.717) is 16.8 Å². The first-order chi connectivity index (χ1) is 8.97. The molecule has 0 fully saturated rings. The zero-order chi connectivity index (χ0) is 14.0. The summed E-state index contributed by atoms with van der Waals surface area (Å²) < 4.78 is 31.2. The fraction of sp³-hybridized carbons (Fsp3) is 0.333. The molecule has 0 aliphatic heterocycles. The molecule has 0 radical (unpaired) electrons. The Morgan fingerprint density at radius 3 is 2.68 bits per heavy atom. The van der Waals surface area contributed by atoms with Crippen LogP contribution in [0, 0.1) is 11.6 Å². The Bertz CT molecular complexity index is 586. The molecule has 19 heavy (non-hydrogen) atoms. The first-order valence-corrected chi connectivity index (χ1v) is 6.71. The number of rotatable bonds is 4. The van der Waals surface area contributed by atoms with Crippen molar-refractivity contribution in [2.24, 2.45) is 0 Å². The monoisotopic (exact) mass is 285 g/mol. The number of thioether (sulfide) groups is 1. The average Bonchev–Trinajstić information content (AvgIpc) is 2.80. The number of nitrogen functional groups attached to an aromatic ring is 1. The van der Waals surface area contributed by atoms with E-state index in [4.69, 9.17) is 10.3 Å². The molecule has 2 rings (SSSR count). The van der Waals surface area contributed by atoms with Gasteiger partial charge in [-0.3, -0.25) is 0 Å². The van der Waals surface area contributed by atoms with E-state index < -0.39 is 11.6 Å². The summed E-state index contributed by atoms with van der Waals surface area (Å²) in [6, 6.07) is 1.86. The zero-order valence-corrected chi connectivity index (χ0v) is 11.3. The Morgan fingerprint density at radius 2 is 2.00 bits per heavy atom. The summed E-state index contributed by atoms with van der Waals surface area (Å²) in [7, 11) is 0. The van der Waals surface area contributed by atoms with Gasteiger partial charge in [-0.05, 0) is 11.3 Å². The van der Waals surface area contributed by atoms with E-state index in [1.807, 2.05) is 0 Å². The molecule has 0 bridgehead atoms. The largest absolute Gasteiger partial charge is 0.398 e. The molecule has 0 unspecified atom stereocenters. The predicted molar refractivity (Wildman–Crippen MR) is 70.5 cm³/mol. The second-order valence-electron chi connectivity index (χ2n) is 4.23. The molecule has 0 aliphatic rings. The third-order valence-corrected chi connectivity index (χ3v) is 3.43. The van der Waals surface area contributed by atoms with Crippen molar-refractivity contribution in [2.75, 3.05) is 5.73 Å². The van der Waals surface area contributed by atoms with Crippen LogP contribution >= 0.6 is 11.8 Å². The number of aromatic nitrogens is 2. The van der Waals surface area contributed by atoms with Crippen LogP contribution in [-0.4, -0.2) is 15.4 Å². The van der Waals surface area contributed by atoms with Crippen molar-refractivity contribution < 1.29 is 13.3 Å². The van der Waals surface area contributed by atoms with Crippen molar-refractivity contribution in [3.8, 4) is 11.5 Å². The molecular formula is C12H13F2N3OS. The van der Waals surface area contributed by atoms with E-state index in [-0.39, 0.29) is 17.1 Å². The van der Waals surface area contributed by atoms with Gasteiger partial charge in [0.2, 0.25) is 0 Å². The maximum Gasteiger partial charge on any atom is 0.260 e. The predicted octanol–water partition coefficient (Wildman–Crippen LogP) is 3.24. The molecule has 7 heteroatoms. The second-order valence-corrected chi connectivity index (χ2v) is 5.79. The standard InChI is InChI=1S/C12H13F2N3OS/c1-6(2)19-5-11-16-12(18-17-11)7-3-8(13)9(14)4-10(7)15/h3-4,6H,5,15H2,1-2H3. The number of halogens is 2. The fourth-order valence-corrected chi connectivity index (χ4v) is 2.01. The zero-order valence-electron chi connectivity index (χ0n) is 10.5. The Morgan fingerprint density at radius 1 is 1.32 bits per heavy atom. The highest BCUT2D eigenvalue weighted by Crippen LogP contribution is 2.27. The van der Waals surface area contributed by atoms with Gasteiger partial charge in [-0.2, -0.15) is 16.7 Å². The van der Waals surface area contributed by atoms with Gasteiger partial charge in [0, 0.05) is 11.8 Å². The van der Waals surface area contributed by atoms with E-state index in [9.17, 15) is 8.78 Å². The van der Waals surface area contributed by atoms with Gasteiger partial charge in [-0.15, -0.1) is 0 Å². The highest BCUT2D eigenvalue weighted by atomic mass is 32.2. The summed E-state index contributed by atoms with van der Waals surface area (Å²) in [6.07, 6.45) is 0. The normalized spacial score (nSPS) is 11.2. The van der Waals surface area contributed by atoms with Gasteiger partial charge in [0.05, 0.1) is 11.3 Å². The molecule has 1 aromatic heterocycles. The molecule has 0 atom stereocenters. The van der Waals surface area contributed by atoms with Gasteiger partial charge in [0.15, 0.2) is 17.5 Å². The lowest BCUT2D eigenvalue weighted by atomic mass is 10.1. The van der Waals surface area contributed by atoms with Crippen molar-refractivity contribution in [3.63, 3.8) is 0 Å². The molecule has 1 heterocycles. The van der Waals surface area contributed by atoms with Crippen LogP contribution in [-0.2, 0) is 5.75 Å². The summed E-state index contributed by atoms with van der Waals surface area (Å²) in [5.74, 6) is -0.824. The Hall–Kier alpha value is -1.63. The summed E-state index contributed by atoms with van der Waals surface area (Å²) in [5.41, 5.74) is 5.88. The van der Waals surface area contributed by atoms with Crippen LogP contribution in [0.4, 0.5) is 14.5 Å². The molecule has 0 amide bonds. The van der Waals surface area contributed by atoms with Gasteiger partial charge in [-0.1, -0.05) is 19.0 Å². The van der Waals surface area contributed by atoms with Gasteiger partial charge in [0.1, 0.15) is 0 Å². The minimum Gasteiger partial charge on any atom is -0.398 e. The van der Waals surface area contributed by atoms with E-state index >= 15 is 0 Å². The molecule has 2 aromatic rings. The summed E-state index contributed by atoms with van der Waals surface area (Å²) in [6.45, 7) is 4.11. The van der Waals surface area contributed by atoms with E-state index in [0.717, 1.165) is 12.1 Å². The third-order valence-electron chi connectivity index (χ3n) is 2.34. The van der Waals surface area contributed by atoms with Gasteiger partial charge in [0.25, 0.3) is 5.89 Å². The average molecular weight is 285 g/mol. The maximum atomic E-state index is 13.2. The van der Waals surface area contributed by atoms with Crippen LogP contribution in [0.5, 0.6) is 0 Å². The minimum absolute atomic E-state index is 0.0608. The van der Waals surface area contributed by atoms with Crippen LogP contribution in [0.1, 0.15) is 19.7 Å². The molecule has 0 spiro atoms. The van der Waals surface area contributed by atoms with Crippen molar-refractivity contribution in [2.45, 2.75) is 24.9 Å². The topological polar surface area (TPSA) is 64.9 Å². The Kier molecular flexibility index (Phi) is 4.04. The van der Waals surface area contributed by atoms with Crippen LogP contribution in [0.25, 0.3) is 11.5 Å². The smallest absolute Gasteiger partial charge is 0.260 e. The Labute approximate surface area is 113 Å². The number of nitrogens with zero attached hydrogens (tertiary/aromatic N) is 2. The van der Waals surface area contributed by atoms with Crippen LogP contribution in [0.3, 0.4) is 0 Å². The van der Waals surface area contributed by atoms with E-state index in [1.165, 1.54) is 0 Å². The lowest BCUT2D eigenvalue weighted by molar-refractivity contribution is 0.424. The number of hydrogen-bond acceptors (Lipinski definition) is 5.